The van der Waals surface area contributed by atoms with E-state index in [1.165, 1.54) is 0 Å². The second-order valence-electron chi connectivity index (χ2n) is 8.83. The van der Waals surface area contributed by atoms with Crippen molar-refractivity contribution in [2.75, 3.05) is 6.61 Å². The van der Waals surface area contributed by atoms with E-state index < -0.39 is 11.7 Å². The molecule has 7 heteroatoms. The molecule has 0 spiro atoms. The molecule has 0 aliphatic rings. The number of amides is 1. The van der Waals surface area contributed by atoms with Gasteiger partial charge in [0, 0.05) is 16.4 Å². The Bertz CT molecular complexity index is 945. The van der Waals surface area contributed by atoms with Crippen molar-refractivity contribution >= 4 is 32.8 Å². The van der Waals surface area contributed by atoms with Crippen molar-refractivity contribution in [3.63, 3.8) is 0 Å². The van der Waals surface area contributed by atoms with Gasteiger partial charge in [0.15, 0.2) is 0 Å². The number of pyridine rings is 1. The molecular formula is C23H33BrN2O4. The molecule has 0 unspecified atom stereocenters. The number of ether oxygens (including phenoxy) is 2. The number of alkyl carbamates (subject to hydrolysis) is 1. The summed E-state index contributed by atoms with van der Waals surface area (Å²) < 4.78 is 14.1. The zero-order valence-electron chi connectivity index (χ0n) is 18.8. The van der Waals surface area contributed by atoms with E-state index in [4.69, 9.17) is 9.47 Å². The minimum Gasteiger partial charge on any atom is -0.491 e. The Hall–Kier alpha value is -2.02. The number of nitrogens with one attached hydrogen (secondary N) is 1. The lowest BCUT2D eigenvalue weighted by Crippen LogP contribution is -2.35. The highest BCUT2D eigenvalue weighted by atomic mass is 79.9. The molecule has 1 heterocycles. The largest absolute Gasteiger partial charge is 0.491 e. The lowest BCUT2D eigenvalue weighted by Gasteiger charge is -2.23. The molecule has 2 rings (SSSR count). The van der Waals surface area contributed by atoms with E-state index in [9.17, 15) is 9.59 Å². The number of halogens is 1. The van der Waals surface area contributed by atoms with Crippen molar-refractivity contribution in [2.45, 2.75) is 73.1 Å². The van der Waals surface area contributed by atoms with Gasteiger partial charge in [-0.25, -0.2) is 4.79 Å². The van der Waals surface area contributed by atoms with Crippen molar-refractivity contribution in [3.05, 3.63) is 38.7 Å². The minimum absolute atomic E-state index is 0.0879. The van der Waals surface area contributed by atoms with Gasteiger partial charge < -0.3 is 19.4 Å². The van der Waals surface area contributed by atoms with Gasteiger partial charge in [0.1, 0.15) is 11.4 Å². The molecule has 0 saturated carbocycles. The van der Waals surface area contributed by atoms with Crippen LogP contribution in [-0.2, 0) is 17.8 Å². The average Bonchev–Trinajstić information content (AvgIpc) is 2.62. The second-order valence-corrected chi connectivity index (χ2v) is 9.75. The van der Waals surface area contributed by atoms with Crippen LogP contribution in [0.15, 0.2) is 27.5 Å². The molecular weight excluding hydrogens is 448 g/mol. The van der Waals surface area contributed by atoms with E-state index in [1.54, 1.807) is 4.57 Å². The van der Waals surface area contributed by atoms with Crippen LogP contribution in [0.3, 0.4) is 0 Å². The molecule has 0 atom stereocenters. The summed E-state index contributed by atoms with van der Waals surface area (Å²) in [5, 5.41) is 4.14. The van der Waals surface area contributed by atoms with E-state index in [1.807, 2.05) is 39.0 Å². The third kappa shape index (κ3) is 6.49. The monoisotopic (exact) mass is 480 g/mol. The third-order valence-corrected chi connectivity index (χ3v) is 4.87. The summed E-state index contributed by atoms with van der Waals surface area (Å²) >= 11 is 3.50. The van der Waals surface area contributed by atoms with Crippen LogP contribution in [0.2, 0.25) is 0 Å². The Morgan fingerprint density at radius 3 is 2.53 bits per heavy atom. The standard InChI is InChI=1S/C23H33BrN2O4/c1-7-8-11-29-20-18-12-16(24)9-10-17(18)21(27)26(14-15(2)3)19(20)13-25-22(28)30-23(4,5)6/h9-10,12,15H,7-8,11,13-14H2,1-6H3,(H,25,28). The molecule has 0 saturated heterocycles. The highest BCUT2D eigenvalue weighted by Crippen LogP contribution is 2.31. The second kappa shape index (κ2) is 10.3. The number of benzene rings is 1. The van der Waals surface area contributed by atoms with Crippen LogP contribution in [0.25, 0.3) is 10.8 Å². The maximum atomic E-state index is 13.3. The zero-order chi connectivity index (χ0) is 22.5. The molecule has 1 N–H and O–H groups in total. The number of nitrogens with zero attached hydrogens (tertiary/aromatic N) is 1. The average molecular weight is 481 g/mol. The fourth-order valence-electron chi connectivity index (χ4n) is 3.12. The topological polar surface area (TPSA) is 69.6 Å². The molecule has 0 fully saturated rings. The van der Waals surface area contributed by atoms with Gasteiger partial charge in [-0.1, -0.05) is 43.1 Å². The number of carbonyl (C=O) groups excluding carboxylic acids is 1. The predicted octanol–water partition coefficient (Wildman–Crippen LogP) is 5.62. The molecule has 0 aliphatic carbocycles. The van der Waals surface area contributed by atoms with Crippen LogP contribution >= 0.6 is 15.9 Å². The summed E-state index contributed by atoms with van der Waals surface area (Å²) in [6.45, 7) is 12.9. The van der Waals surface area contributed by atoms with Crippen LogP contribution < -0.4 is 15.6 Å². The number of unbranched alkanes of at least 4 members (excludes halogenated alkanes) is 1. The Morgan fingerprint density at radius 1 is 1.23 bits per heavy atom. The number of hydrogen-bond donors (Lipinski definition) is 1. The Kier molecular flexibility index (Phi) is 8.35. The highest BCUT2D eigenvalue weighted by molar-refractivity contribution is 9.10. The number of carbonyl (C=O) groups is 1. The number of hydrogen-bond acceptors (Lipinski definition) is 4. The maximum Gasteiger partial charge on any atom is 0.407 e. The fourth-order valence-corrected chi connectivity index (χ4v) is 3.48. The number of aromatic nitrogens is 1. The normalized spacial score (nSPS) is 11.7. The first-order valence-electron chi connectivity index (χ1n) is 10.5. The fraction of sp³-hybridized carbons (Fsp3) is 0.565. The van der Waals surface area contributed by atoms with Gasteiger partial charge in [0.25, 0.3) is 5.56 Å². The van der Waals surface area contributed by atoms with E-state index in [0.29, 0.717) is 30.0 Å². The summed E-state index contributed by atoms with van der Waals surface area (Å²) in [5.41, 5.74) is -0.0348. The Labute approximate surface area is 187 Å². The molecule has 6 nitrogen and oxygen atoms in total. The van der Waals surface area contributed by atoms with Gasteiger partial charge in [-0.15, -0.1) is 0 Å². The summed E-state index contributed by atoms with van der Waals surface area (Å²) in [6, 6.07) is 5.57. The molecule has 1 aromatic heterocycles. The van der Waals surface area contributed by atoms with E-state index >= 15 is 0 Å². The van der Waals surface area contributed by atoms with Gasteiger partial charge >= 0.3 is 6.09 Å². The van der Waals surface area contributed by atoms with Crippen molar-refractivity contribution in [1.82, 2.24) is 9.88 Å². The predicted molar refractivity (Wildman–Crippen MR) is 124 cm³/mol. The quantitative estimate of drug-likeness (QED) is 0.497. The van der Waals surface area contributed by atoms with Crippen molar-refractivity contribution in [1.29, 1.82) is 0 Å². The van der Waals surface area contributed by atoms with Gasteiger partial charge in [-0.3, -0.25) is 4.79 Å². The summed E-state index contributed by atoms with van der Waals surface area (Å²) in [7, 11) is 0. The van der Waals surface area contributed by atoms with Gasteiger partial charge in [-0.2, -0.15) is 0 Å². The van der Waals surface area contributed by atoms with Crippen LogP contribution in [0.5, 0.6) is 5.75 Å². The number of rotatable bonds is 8. The van der Waals surface area contributed by atoms with Crippen LogP contribution in [0.4, 0.5) is 4.79 Å². The third-order valence-electron chi connectivity index (χ3n) is 4.38. The zero-order valence-corrected chi connectivity index (χ0v) is 20.4. The molecule has 0 aliphatic heterocycles. The molecule has 2 aromatic rings. The first-order chi connectivity index (χ1) is 14.0. The van der Waals surface area contributed by atoms with Gasteiger partial charge in [0.05, 0.1) is 24.2 Å². The van der Waals surface area contributed by atoms with Gasteiger partial charge in [0.2, 0.25) is 0 Å². The molecule has 0 radical (unpaired) electrons. The maximum absolute atomic E-state index is 13.3. The van der Waals surface area contributed by atoms with Crippen LogP contribution in [0, 0.1) is 5.92 Å². The van der Waals surface area contributed by atoms with E-state index in [-0.39, 0.29) is 18.0 Å². The lowest BCUT2D eigenvalue weighted by atomic mass is 10.1. The first-order valence-corrected chi connectivity index (χ1v) is 11.3. The highest BCUT2D eigenvalue weighted by Gasteiger charge is 2.21. The Balaban J connectivity index is 2.59. The van der Waals surface area contributed by atoms with E-state index in [0.717, 1.165) is 22.7 Å². The van der Waals surface area contributed by atoms with Crippen LogP contribution in [-0.4, -0.2) is 22.9 Å². The Morgan fingerprint density at radius 2 is 1.93 bits per heavy atom. The van der Waals surface area contributed by atoms with Crippen molar-refractivity contribution < 1.29 is 14.3 Å². The summed E-state index contributed by atoms with van der Waals surface area (Å²) in [4.78, 5) is 25.6. The first kappa shape index (κ1) is 24.3. The summed E-state index contributed by atoms with van der Waals surface area (Å²) in [5.74, 6) is 0.885. The van der Waals surface area contributed by atoms with Crippen molar-refractivity contribution in [2.24, 2.45) is 5.92 Å². The van der Waals surface area contributed by atoms with Gasteiger partial charge in [-0.05, 0) is 51.3 Å². The lowest BCUT2D eigenvalue weighted by molar-refractivity contribution is 0.0521. The molecule has 1 aromatic carbocycles. The van der Waals surface area contributed by atoms with Crippen LogP contribution in [0.1, 0.15) is 60.1 Å². The van der Waals surface area contributed by atoms with E-state index in [2.05, 4.69) is 42.0 Å². The minimum atomic E-state index is -0.601. The molecule has 0 bridgehead atoms. The molecule has 30 heavy (non-hydrogen) atoms. The SMILES string of the molecule is CCCCOc1c(CNC(=O)OC(C)(C)C)n(CC(C)C)c(=O)c2ccc(Br)cc12. The van der Waals surface area contributed by atoms with Crippen molar-refractivity contribution in [3.8, 4) is 5.75 Å². The molecule has 1 amide bonds. The molecule has 166 valence electrons. The smallest absolute Gasteiger partial charge is 0.407 e. The summed E-state index contributed by atoms with van der Waals surface area (Å²) in [6.07, 6.45) is 1.37. The number of fused-ring (bicyclic) bond motifs is 1.